The number of rotatable bonds is 3. The molecule has 1 aliphatic heterocycles. The van der Waals surface area contributed by atoms with Crippen molar-refractivity contribution in [3.8, 4) is 0 Å². The Bertz CT molecular complexity index is 617. The van der Waals surface area contributed by atoms with E-state index in [1.807, 2.05) is 17.6 Å². The fraction of sp³-hybridized carbons (Fsp3) is 0.417. The van der Waals surface area contributed by atoms with Crippen molar-refractivity contribution in [2.45, 2.75) is 26.4 Å². The van der Waals surface area contributed by atoms with Crippen LogP contribution in [-0.4, -0.2) is 27.1 Å². The first-order chi connectivity index (χ1) is 9.19. The molecule has 2 aromatic heterocycles. The van der Waals surface area contributed by atoms with Gasteiger partial charge in [-0.2, -0.15) is 0 Å². The molecule has 0 saturated heterocycles. The molecule has 0 unspecified atom stereocenters. The molecule has 3 heterocycles. The molecule has 1 aliphatic rings. The average Bonchev–Trinajstić information content (AvgIpc) is 3.03. The van der Waals surface area contributed by atoms with Gasteiger partial charge < -0.3 is 15.2 Å². The van der Waals surface area contributed by atoms with Crippen molar-refractivity contribution in [2.75, 3.05) is 17.2 Å². The van der Waals surface area contributed by atoms with Gasteiger partial charge in [-0.1, -0.05) is 6.92 Å². The number of anilines is 2. The molecule has 0 atom stereocenters. The molecular formula is C12H15N5OS. The third-order valence-corrected chi connectivity index (χ3v) is 4.53. The molecule has 0 saturated carbocycles. The summed E-state index contributed by atoms with van der Waals surface area (Å²) in [5.74, 6) is 1.05. The highest BCUT2D eigenvalue weighted by Crippen LogP contribution is 2.34. The molecule has 19 heavy (non-hydrogen) atoms. The zero-order chi connectivity index (χ0) is 13.4. The molecule has 0 fully saturated rings. The van der Waals surface area contributed by atoms with Gasteiger partial charge in [0.05, 0.1) is 22.1 Å². The fourth-order valence-electron chi connectivity index (χ4n) is 2.18. The number of ketones is 1. The molecule has 0 radical (unpaired) electrons. The minimum atomic E-state index is 0.105. The van der Waals surface area contributed by atoms with Crippen molar-refractivity contribution in [2.24, 2.45) is 0 Å². The fourth-order valence-corrected chi connectivity index (χ4v) is 3.30. The lowest BCUT2D eigenvalue weighted by atomic mass is 10.2. The Kier molecular flexibility index (Phi) is 2.98. The number of fused-ring (bicyclic) bond motifs is 1. The van der Waals surface area contributed by atoms with Crippen molar-refractivity contribution >= 4 is 27.8 Å². The first kappa shape index (κ1) is 12.2. The van der Waals surface area contributed by atoms with Crippen LogP contribution < -0.4 is 10.6 Å². The first-order valence-electron chi connectivity index (χ1n) is 6.23. The van der Waals surface area contributed by atoms with E-state index >= 15 is 0 Å². The standard InChI is InChI=1S/C12H15N5OS/c1-2-9(18)12-8(13)5-11(19-12)16-3-4-17-7-14-15-10(17)6-16/h5,7H,2-4,6,13H2,1H3. The van der Waals surface area contributed by atoms with Crippen LogP contribution in [0.1, 0.15) is 28.8 Å². The van der Waals surface area contributed by atoms with Crippen LogP contribution in [0.2, 0.25) is 0 Å². The Hall–Kier alpha value is -1.89. The zero-order valence-electron chi connectivity index (χ0n) is 10.7. The van der Waals surface area contributed by atoms with Gasteiger partial charge in [0.2, 0.25) is 0 Å². The van der Waals surface area contributed by atoms with Crippen molar-refractivity contribution < 1.29 is 4.79 Å². The van der Waals surface area contributed by atoms with Crippen LogP contribution in [-0.2, 0) is 13.1 Å². The third-order valence-electron chi connectivity index (χ3n) is 3.27. The molecule has 0 aromatic carbocycles. The van der Waals surface area contributed by atoms with Crippen molar-refractivity contribution in [3.05, 3.63) is 23.1 Å². The number of aromatic nitrogens is 3. The van der Waals surface area contributed by atoms with Crippen LogP contribution in [0.3, 0.4) is 0 Å². The summed E-state index contributed by atoms with van der Waals surface area (Å²) in [6, 6.07) is 1.89. The zero-order valence-corrected chi connectivity index (χ0v) is 11.5. The Labute approximate surface area is 114 Å². The van der Waals surface area contributed by atoms with E-state index in [1.165, 1.54) is 11.3 Å². The van der Waals surface area contributed by atoms with Crippen LogP contribution >= 0.6 is 11.3 Å². The van der Waals surface area contributed by atoms with Gasteiger partial charge >= 0.3 is 0 Å². The van der Waals surface area contributed by atoms with Gasteiger partial charge in [0, 0.05) is 19.5 Å². The van der Waals surface area contributed by atoms with Gasteiger partial charge in [-0.25, -0.2) is 0 Å². The molecule has 2 N–H and O–H groups in total. The van der Waals surface area contributed by atoms with E-state index < -0.39 is 0 Å². The van der Waals surface area contributed by atoms with Crippen LogP contribution in [0.25, 0.3) is 0 Å². The highest BCUT2D eigenvalue weighted by atomic mass is 32.1. The number of hydrogen-bond donors (Lipinski definition) is 1. The van der Waals surface area contributed by atoms with E-state index in [4.69, 9.17) is 5.73 Å². The van der Waals surface area contributed by atoms with E-state index in [-0.39, 0.29) is 5.78 Å². The monoisotopic (exact) mass is 277 g/mol. The number of nitrogens with zero attached hydrogens (tertiary/aromatic N) is 4. The Morgan fingerprint density at radius 2 is 2.37 bits per heavy atom. The van der Waals surface area contributed by atoms with Crippen LogP contribution in [0.5, 0.6) is 0 Å². The molecule has 7 heteroatoms. The minimum absolute atomic E-state index is 0.105. The van der Waals surface area contributed by atoms with E-state index in [0.29, 0.717) is 23.5 Å². The van der Waals surface area contributed by atoms with Crippen molar-refractivity contribution in [3.63, 3.8) is 0 Å². The average molecular weight is 277 g/mol. The van der Waals surface area contributed by atoms with Crippen molar-refractivity contribution in [1.82, 2.24) is 14.8 Å². The smallest absolute Gasteiger partial charge is 0.174 e. The lowest BCUT2D eigenvalue weighted by Crippen LogP contribution is -2.32. The summed E-state index contributed by atoms with van der Waals surface area (Å²) in [7, 11) is 0. The number of hydrogen-bond acceptors (Lipinski definition) is 6. The first-order valence-corrected chi connectivity index (χ1v) is 7.05. The molecule has 3 rings (SSSR count). The quantitative estimate of drug-likeness (QED) is 0.861. The van der Waals surface area contributed by atoms with E-state index in [0.717, 1.165) is 23.9 Å². The third kappa shape index (κ3) is 2.10. The number of carbonyl (C=O) groups excluding carboxylic acids is 1. The summed E-state index contributed by atoms with van der Waals surface area (Å²) in [6.45, 7) is 4.30. The summed E-state index contributed by atoms with van der Waals surface area (Å²) in [5.41, 5.74) is 6.51. The normalized spacial score (nSPS) is 14.5. The van der Waals surface area contributed by atoms with Crippen LogP contribution in [0.15, 0.2) is 12.4 Å². The minimum Gasteiger partial charge on any atom is -0.397 e. The predicted molar refractivity (Wildman–Crippen MR) is 74.4 cm³/mol. The SMILES string of the molecule is CCC(=O)c1sc(N2CCn3cnnc3C2)cc1N. The molecule has 0 spiro atoms. The molecule has 100 valence electrons. The van der Waals surface area contributed by atoms with Crippen LogP contribution in [0.4, 0.5) is 10.7 Å². The van der Waals surface area contributed by atoms with E-state index in [9.17, 15) is 4.79 Å². The summed E-state index contributed by atoms with van der Waals surface area (Å²) in [5, 5.41) is 9.03. The maximum Gasteiger partial charge on any atom is 0.174 e. The highest BCUT2D eigenvalue weighted by Gasteiger charge is 2.21. The molecule has 2 aromatic rings. The molecular weight excluding hydrogens is 262 g/mol. The lowest BCUT2D eigenvalue weighted by Gasteiger charge is -2.27. The largest absolute Gasteiger partial charge is 0.397 e. The van der Waals surface area contributed by atoms with Gasteiger partial charge in [-0.15, -0.1) is 21.5 Å². The lowest BCUT2D eigenvalue weighted by molar-refractivity contribution is 0.0993. The maximum atomic E-state index is 11.8. The number of Topliss-reactive ketones (excluding diaryl/α,β-unsaturated/α-hetero) is 1. The Balaban J connectivity index is 1.86. The maximum absolute atomic E-state index is 11.8. The second kappa shape index (κ2) is 4.65. The molecule has 0 aliphatic carbocycles. The second-order valence-corrected chi connectivity index (χ2v) is 5.54. The van der Waals surface area contributed by atoms with Gasteiger partial charge in [0.1, 0.15) is 6.33 Å². The Morgan fingerprint density at radius 1 is 1.53 bits per heavy atom. The van der Waals surface area contributed by atoms with Crippen molar-refractivity contribution in [1.29, 1.82) is 0 Å². The number of nitrogens with two attached hydrogens (primary N) is 1. The molecule has 0 amide bonds. The number of carbonyl (C=O) groups is 1. The second-order valence-electron chi connectivity index (χ2n) is 4.51. The van der Waals surface area contributed by atoms with E-state index in [1.54, 1.807) is 6.33 Å². The van der Waals surface area contributed by atoms with Gasteiger partial charge in [-0.3, -0.25) is 4.79 Å². The predicted octanol–water partition coefficient (Wildman–Crippen LogP) is 1.53. The van der Waals surface area contributed by atoms with Gasteiger partial charge in [0.15, 0.2) is 11.6 Å². The molecule has 0 bridgehead atoms. The van der Waals surface area contributed by atoms with E-state index in [2.05, 4.69) is 15.1 Å². The molecule has 6 nitrogen and oxygen atoms in total. The summed E-state index contributed by atoms with van der Waals surface area (Å²) < 4.78 is 2.05. The number of nitrogen functional groups attached to an aromatic ring is 1. The Morgan fingerprint density at radius 3 is 3.16 bits per heavy atom. The summed E-state index contributed by atoms with van der Waals surface area (Å²) >= 11 is 1.47. The summed E-state index contributed by atoms with van der Waals surface area (Å²) in [4.78, 5) is 14.6. The number of thiophene rings is 1. The summed E-state index contributed by atoms with van der Waals surface area (Å²) in [6.07, 6.45) is 2.24. The van der Waals surface area contributed by atoms with Crippen LogP contribution in [0, 0.1) is 0 Å². The topological polar surface area (TPSA) is 77.0 Å². The van der Waals surface area contributed by atoms with Gasteiger partial charge in [0.25, 0.3) is 0 Å². The highest BCUT2D eigenvalue weighted by molar-refractivity contribution is 7.18. The van der Waals surface area contributed by atoms with Gasteiger partial charge in [-0.05, 0) is 6.07 Å².